The molecule has 2 aromatic heterocycles. The van der Waals surface area contributed by atoms with Crippen molar-refractivity contribution in [1.82, 2.24) is 15.2 Å². The molecule has 3 aromatic rings. The molecule has 0 saturated carbocycles. The molecular weight excluding hydrogens is 328 g/mol. The van der Waals surface area contributed by atoms with E-state index in [0.29, 0.717) is 23.4 Å². The number of H-pyrrole nitrogens is 1. The third-order valence-corrected chi connectivity index (χ3v) is 4.13. The van der Waals surface area contributed by atoms with Crippen LogP contribution < -0.4 is 10.9 Å². The van der Waals surface area contributed by atoms with Crippen LogP contribution in [0.4, 0.5) is 11.6 Å². The molecule has 0 radical (unpaired) electrons. The van der Waals surface area contributed by atoms with Crippen molar-refractivity contribution < 1.29 is 9.53 Å². The van der Waals surface area contributed by atoms with Gasteiger partial charge in [-0.2, -0.15) is 0 Å². The minimum absolute atomic E-state index is 0.237. The SMILES string of the molecule is COC(=O)c1ccc(Nc2nnc(Cc3cccs3)c(=O)[nH]2)cc1. The van der Waals surface area contributed by atoms with E-state index in [1.807, 2.05) is 17.5 Å². The summed E-state index contributed by atoms with van der Waals surface area (Å²) in [4.78, 5) is 27.2. The van der Waals surface area contributed by atoms with Gasteiger partial charge >= 0.3 is 5.97 Å². The van der Waals surface area contributed by atoms with Crippen molar-refractivity contribution in [3.05, 3.63) is 68.3 Å². The number of hydrogen-bond donors (Lipinski definition) is 2. The van der Waals surface area contributed by atoms with Gasteiger partial charge in [-0.1, -0.05) is 6.07 Å². The summed E-state index contributed by atoms with van der Waals surface area (Å²) >= 11 is 1.56. The molecule has 122 valence electrons. The van der Waals surface area contributed by atoms with Crippen LogP contribution in [-0.2, 0) is 11.2 Å². The first-order chi connectivity index (χ1) is 11.7. The van der Waals surface area contributed by atoms with E-state index in [1.165, 1.54) is 7.11 Å². The quantitative estimate of drug-likeness (QED) is 0.691. The summed E-state index contributed by atoms with van der Waals surface area (Å²) in [6, 6.07) is 10.5. The van der Waals surface area contributed by atoms with Crippen LogP contribution in [0.2, 0.25) is 0 Å². The average Bonchev–Trinajstić information content (AvgIpc) is 3.10. The molecule has 3 rings (SSSR count). The average molecular weight is 342 g/mol. The number of nitrogens with zero attached hydrogens (tertiary/aromatic N) is 2. The van der Waals surface area contributed by atoms with Crippen molar-refractivity contribution in [2.75, 3.05) is 12.4 Å². The summed E-state index contributed by atoms with van der Waals surface area (Å²) in [6.07, 6.45) is 0.452. The highest BCUT2D eigenvalue weighted by atomic mass is 32.1. The number of carbonyl (C=O) groups excluding carboxylic acids is 1. The largest absolute Gasteiger partial charge is 0.465 e. The van der Waals surface area contributed by atoms with Crippen LogP contribution in [0.5, 0.6) is 0 Å². The van der Waals surface area contributed by atoms with Gasteiger partial charge < -0.3 is 10.1 Å². The van der Waals surface area contributed by atoms with Crippen LogP contribution in [-0.4, -0.2) is 28.3 Å². The number of hydrogen-bond acceptors (Lipinski definition) is 7. The lowest BCUT2D eigenvalue weighted by atomic mass is 10.2. The summed E-state index contributed by atoms with van der Waals surface area (Å²) in [5.74, 6) is -0.173. The summed E-state index contributed by atoms with van der Waals surface area (Å²) in [5, 5.41) is 12.9. The summed E-state index contributed by atoms with van der Waals surface area (Å²) < 4.78 is 4.64. The molecular formula is C16H14N4O3S. The molecule has 0 amide bonds. The molecule has 0 aliphatic heterocycles. The number of ether oxygens (including phenoxy) is 1. The molecule has 0 bridgehead atoms. The van der Waals surface area contributed by atoms with Crippen LogP contribution >= 0.6 is 11.3 Å². The Hall–Kier alpha value is -3.00. The van der Waals surface area contributed by atoms with E-state index < -0.39 is 5.97 Å². The summed E-state index contributed by atoms with van der Waals surface area (Å²) in [6.45, 7) is 0. The number of carbonyl (C=O) groups is 1. The standard InChI is InChI=1S/C16H14N4O3S/c1-23-15(22)10-4-6-11(7-5-10)17-16-18-14(21)13(19-20-16)9-12-3-2-8-24-12/h2-8H,9H2,1H3,(H2,17,18,20,21). The summed E-state index contributed by atoms with van der Waals surface area (Å²) in [7, 11) is 1.33. The van der Waals surface area contributed by atoms with Crippen molar-refractivity contribution in [3.63, 3.8) is 0 Å². The highest BCUT2D eigenvalue weighted by Gasteiger charge is 2.08. The summed E-state index contributed by atoms with van der Waals surface area (Å²) in [5.41, 5.74) is 1.18. The van der Waals surface area contributed by atoms with E-state index in [4.69, 9.17) is 0 Å². The first-order valence-electron chi connectivity index (χ1n) is 7.09. The van der Waals surface area contributed by atoms with Gasteiger partial charge in [-0.15, -0.1) is 21.5 Å². The molecule has 0 aliphatic carbocycles. The second-order valence-corrected chi connectivity index (χ2v) is 5.93. The van der Waals surface area contributed by atoms with E-state index in [-0.39, 0.29) is 11.5 Å². The molecule has 0 unspecified atom stereocenters. The van der Waals surface area contributed by atoms with E-state index in [9.17, 15) is 9.59 Å². The Labute approximate surface area is 141 Å². The molecule has 1 aromatic carbocycles. The number of rotatable bonds is 5. The number of aromatic nitrogens is 3. The zero-order valence-electron chi connectivity index (χ0n) is 12.8. The first-order valence-corrected chi connectivity index (χ1v) is 7.97. The lowest BCUT2D eigenvalue weighted by Crippen LogP contribution is -2.18. The van der Waals surface area contributed by atoms with Crippen LogP contribution in [0.1, 0.15) is 20.9 Å². The van der Waals surface area contributed by atoms with Gasteiger partial charge in [-0.3, -0.25) is 9.78 Å². The first kappa shape index (κ1) is 15.9. The van der Waals surface area contributed by atoms with Gasteiger partial charge in [0.15, 0.2) is 0 Å². The number of thiophene rings is 1. The molecule has 0 spiro atoms. The van der Waals surface area contributed by atoms with E-state index >= 15 is 0 Å². The fourth-order valence-corrected chi connectivity index (χ4v) is 2.76. The highest BCUT2D eigenvalue weighted by molar-refractivity contribution is 7.09. The van der Waals surface area contributed by atoms with Gasteiger partial charge in [-0.05, 0) is 35.7 Å². The van der Waals surface area contributed by atoms with E-state index in [1.54, 1.807) is 35.6 Å². The van der Waals surface area contributed by atoms with E-state index in [0.717, 1.165) is 4.88 Å². The molecule has 24 heavy (non-hydrogen) atoms. The van der Waals surface area contributed by atoms with Crippen molar-refractivity contribution in [2.45, 2.75) is 6.42 Å². The second kappa shape index (κ2) is 7.05. The normalized spacial score (nSPS) is 10.4. The second-order valence-electron chi connectivity index (χ2n) is 4.90. The zero-order valence-corrected chi connectivity index (χ0v) is 13.6. The Morgan fingerprint density at radius 3 is 2.67 bits per heavy atom. The Bertz CT molecular complexity index is 888. The molecule has 0 atom stereocenters. The molecule has 2 heterocycles. The fraction of sp³-hybridized carbons (Fsp3) is 0.125. The molecule has 7 nitrogen and oxygen atoms in total. The van der Waals surface area contributed by atoms with Gasteiger partial charge in [0, 0.05) is 17.0 Å². The molecule has 0 fully saturated rings. The van der Waals surface area contributed by atoms with Crippen LogP contribution in [0.25, 0.3) is 0 Å². The molecule has 0 saturated heterocycles. The van der Waals surface area contributed by atoms with Crippen LogP contribution in [0.3, 0.4) is 0 Å². The van der Waals surface area contributed by atoms with Crippen molar-refractivity contribution in [3.8, 4) is 0 Å². The predicted octanol–water partition coefficient (Wildman–Crippen LogP) is 2.35. The third kappa shape index (κ3) is 3.66. The minimum atomic E-state index is -0.410. The maximum Gasteiger partial charge on any atom is 0.337 e. The fourth-order valence-electron chi connectivity index (χ4n) is 2.05. The van der Waals surface area contributed by atoms with Gasteiger partial charge in [0.05, 0.1) is 12.7 Å². The predicted molar refractivity (Wildman–Crippen MR) is 90.8 cm³/mol. The smallest absolute Gasteiger partial charge is 0.337 e. The number of nitrogens with one attached hydrogen (secondary N) is 2. The van der Waals surface area contributed by atoms with Crippen LogP contribution in [0.15, 0.2) is 46.6 Å². The Balaban J connectivity index is 1.72. The lowest BCUT2D eigenvalue weighted by molar-refractivity contribution is 0.0601. The highest BCUT2D eigenvalue weighted by Crippen LogP contribution is 2.14. The van der Waals surface area contributed by atoms with E-state index in [2.05, 4.69) is 25.2 Å². The van der Waals surface area contributed by atoms with Crippen LogP contribution in [0, 0.1) is 0 Å². The van der Waals surface area contributed by atoms with Crippen molar-refractivity contribution in [2.24, 2.45) is 0 Å². The minimum Gasteiger partial charge on any atom is -0.465 e. The number of aromatic amines is 1. The van der Waals surface area contributed by atoms with Gasteiger partial charge in [0.25, 0.3) is 5.56 Å². The monoisotopic (exact) mass is 342 g/mol. The number of benzene rings is 1. The molecule has 2 N–H and O–H groups in total. The van der Waals surface area contributed by atoms with Gasteiger partial charge in [-0.25, -0.2) is 4.79 Å². The van der Waals surface area contributed by atoms with Gasteiger partial charge in [0.1, 0.15) is 5.69 Å². The Morgan fingerprint density at radius 2 is 2.04 bits per heavy atom. The number of anilines is 2. The Morgan fingerprint density at radius 1 is 1.25 bits per heavy atom. The third-order valence-electron chi connectivity index (χ3n) is 3.26. The Kier molecular flexibility index (Phi) is 4.66. The topological polar surface area (TPSA) is 97.0 Å². The molecule has 0 aliphatic rings. The number of esters is 1. The maximum absolute atomic E-state index is 12.1. The zero-order chi connectivity index (χ0) is 16.9. The lowest BCUT2D eigenvalue weighted by Gasteiger charge is -2.06. The molecule has 8 heteroatoms. The maximum atomic E-state index is 12.1. The van der Waals surface area contributed by atoms with Crippen molar-refractivity contribution in [1.29, 1.82) is 0 Å². The van der Waals surface area contributed by atoms with Gasteiger partial charge in [0.2, 0.25) is 5.95 Å². The number of methoxy groups -OCH3 is 1. The van der Waals surface area contributed by atoms with Crippen molar-refractivity contribution >= 4 is 28.9 Å².